The van der Waals surface area contributed by atoms with Crippen LogP contribution in [0.3, 0.4) is 0 Å². The molecule has 0 atom stereocenters. The number of carbonyl (C=O) groups is 1. The highest BCUT2D eigenvalue weighted by molar-refractivity contribution is 7.89. The van der Waals surface area contributed by atoms with Crippen molar-refractivity contribution < 1.29 is 13.2 Å². The molecular weight excluding hydrogens is 431 g/mol. The first-order chi connectivity index (χ1) is 13.9. The van der Waals surface area contributed by atoms with Gasteiger partial charge in [-0.3, -0.25) is 4.79 Å². The zero-order valence-electron chi connectivity index (χ0n) is 16.0. The Kier molecular flexibility index (Phi) is 7.57. The summed E-state index contributed by atoms with van der Waals surface area (Å²) in [5.74, 6) is -0.354. The standard InChI is InChI=1S/C21H24Cl2N2O3S/c22-17-10-12-19(13-11-17)29(27,28)25(18-7-2-1-3-8-18)15-21(26)24-14-16-6-4-5-9-20(16)23/h4-6,9-13,18H,1-3,7-8,14-15H2,(H,24,26). The summed E-state index contributed by atoms with van der Waals surface area (Å²) in [5, 5.41) is 3.82. The van der Waals surface area contributed by atoms with E-state index in [1.54, 1.807) is 18.2 Å². The molecule has 2 aromatic rings. The average Bonchev–Trinajstić information content (AvgIpc) is 2.72. The van der Waals surface area contributed by atoms with Crippen LogP contribution in [0.1, 0.15) is 37.7 Å². The van der Waals surface area contributed by atoms with Crippen LogP contribution in [0, 0.1) is 0 Å². The van der Waals surface area contributed by atoms with E-state index >= 15 is 0 Å². The molecule has 1 aliphatic rings. The fourth-order valence-corrected chi connectivity index (χ4v) is 5.52. The maximum atomic E-state index is 13.3. The number of nitrogens with zero attached hydrogens (tertiary/aromatic N) is 1. The minimum atomic E-state index is -3.82. The van der Waals surface area contributed by atoms with Gasteiger partial charge >= 0.3 is 0 Å². The van der Waals surface area contributed by atoms with Gasteiger partial charge in [-0.15, -0.1) is 0 Å². The Morgan fingerprint density at radius 3 is 2.31 bits per heavy atom. The van der Waals surface area contributed by atoms with Gasteiger partial charge in [-0.25, -0.2) is 8.42 Å². The molecule has 1 amide bonds. The summed E-state index contributed by atoms with van der Waals surface area (Å²) in [4.78, 5) is 12.8. The van der Waals surface area contributed by atoms with Gasteiger partial charge in [0.2, 0.25) is 15.9 Å². The lowest BCUT2D eigenvalue weighted by molar-refractivity contribution is -0.121. The number of nitrogens with one attached hydrogen (secondary N) is 1. The normalized spacial score (nSPS) is 15.4. The van der Waals surface area contributed by atoms with Crippen molar-refractivity contribution in [3.8, 4) is 0 Å². The summed E-state index contributed by atoms with van der Waals surface area (Å²) in [6.45, 7) is 0.0259. The molecule has 0 aliphatic heterocycles. The number of amides is 1. The largest absolute Gasteiger partial charge is 0.351 e. The predicted octanol–water partition coefficient (Wildman–Crippen LogP) is 4.63. The Balaban J connectivity index is 1.77. The van der Waals surface area contributed by atoms with Gasteiger partial charge in [-0.2, -0.15) is 4.31 Å². The van der Waals surface area contributed by atoms with Crippen LogP contribution in [0.4, 0.5) is 0 Å². The van der Waals surface area contributed by atoms with Crippen LogP contribution in [0.2, 0.25) is 10.0 Å². The van der Waals surface area contributed by atoms with Crippen LogP contribution in [-0.2, 0) is 21.4 Å². The van der Waals surface area contributed by atoms with Gasteiger partial charge in [0, 0.05) is 22.6 Å². The van der Waals surface area contributed by atoms with Gasteiger partial charge < -0.3 is 5.32 Å². The third-order valence-electron chi connectivity index (χ3n) is 5.14. The average molecular weight is 455 g/mol. The molecule has 3 rings (SSSR count). The topological polar surface area (TPSA) is 66.5 Å². The van der Waals surface area contributed by atoms with Gasteiger partial charge in [0.05, 0.1) is 11.4 Å². The summed E-state index contributed by atoms with van der Waals surface area (Å²) >= 11 is 12.0. The van der Waals surface area contributed by atoms with E-state index in [-0.39, 0.29) is 29.9 Å². The van der Waals surface area contributed by atoms with Gasteiger partial charge in [0.15, 0.2) is 0 Å². The maximum Gasteiger partial charge on any atom is 0.243 e. The zero-order chi connectivity index (χ0) is 20.9. The van der Waals surface area contributed by atoms with E-state index in [1.165, 1.54) is 16.4 Å². The third-order valence-corrected chi connectivity index (χ3v) is 7.67. The van der Waals surface area contributed by atoms with E-state index in [4.69, 9.17) is 23.2 Å². The van der Waals surface area contributed by atoms with E-state index in [9.17, 15) is 13.2 Å². The minimum Gasteiger partial charge on any atom is -0.351 e. The molecule has 8 heteroatoms. The monoisotopic (exact) mass is 454 g/mol. The minimum absolute atomic E-state index is 0.145. The van der Waals surface area contributed by atoms with Crippen molar-refractivity contribution in [1.82, 2.24) is 9.62 Å². The molecule has 0 heterocycles. The molecule has 0 saturated heterocycles. The van der Waals surface area contributed by atoms with E-state index in [0.29, 0.717) is 10.0 Å². The quantitative estimate of drug-likeness (QED) is 0.662. The number of sulfonamides is 1. The molecule has 29 heavy (non-hydrogen) atoms. The first-order valence-corrected chi connectivity index (χ1v) is 11.8. The van der Waals surface area contributed by atoms with Crippen molar-refractivity contribution in [2.24, 2.45) is 0 Å². The molecule has 1 fully saturated rings. The summed E-state index contributed by atoms with van der Waals surface area (Å²) in [7, 11) is -3.82. The van der Waals surface area contributed by atoms with Gasteiger partial charge in [-0.05, 0) is 48.7 Å². The van der Waals surface area contributed by atoms with Gasteiger partial charge in [0.25, 0.3) is 0 Å². The van der Waals surface area contributed by atoms with E-state index < -0.39 is 10.0 Å². The van der Waals surface area contributed by atoms with Crippen molar-refractivity contribution in [3.05, 3.63) is 64.1 Å². The fraction of sp³-hybridized carbons (Fsp3) is 0.381. The van der Waals surface area contributed by atoms with Crippen molar-refractivity contribution in [1.29, 1.82) is 0 Å². The van der Waals surface area contributed by atoms with Crippen LogP contribution < -0.4 is 5.32 Å². The number of hydrogen-bond acceptors (Lipinski definition) is 3. The Morgan fingerprint density at radius 2 is 1.66 bits per heavy atom. The molecule has 0 unspecified atom stereocenters. The predicted molar refractivity (Wildman–Crippen MR) is 116 cm³/mol. The molecule has 1 aliphatic carbocycles. The zero-order valence-corrected chi connectivity index (χ0v) is 18.3. The number of halogens is 2. The molecule has 0 bridgehead atoms. The van der Waals surface area contributed by atoms with Crippen molar-refractivity contribution >= 4 is 39.1 Å². The fourth-order valence-electron chi connectivity index (χ4n) is 3.55. The van der Waals surface area contributed by atoms with Crippen LogP contribution in [0.25, 0.3) is 0 Å². The molecule has 156 valence electrons. The highest BCUT2D eigenvalue weighted by Gasteiger charge is 2.33. The van der Waals surface area contributed by atoms with Crippen LogP contribution >= 0.6 is 23.2 Å². The first-order valence-electron chi connectivity index (χ1n) is 9.65. The van der Waals surface area contributed by atoms with E-state index in [1.807, 2.05) is 18.2 Å². The highest BCUT2D eigenvalue weighted by atomic mass is 35.5. The summed E-state index contributed by atoms with van der Waals surface area (Å²) < 4.78 is 27.9. The Morgan fingerprint density at radius 1 is 1.00 bits per heavy atom. The number of hydrogen-bond donors (Lipinski definition) is 1. The smallest absolute Gasteiger partial charge is 0.243 e. The Labute approximate surface area is 182 Å². The molecular formula is C21H24Cl2N2O3S. The highest BCUT2D eigenvalue weighted by Crippen LogP contribution is 2.28. The summed E-state index contributed by atoms with van der Waals surface area (Å²) in [6, 6.07) is 13.1. The Hall–Kier alpha value is -1.60. The van der Waals surface area contributed by atoms with Crippen LogP contribution in [-0.4, -0.2) is 31.2 Å². The van der Waals surface area contributed by atoms with E-state index in [2.05, 4.69) is 5.32 Å². The van der Waals surface area contributed by atoms with Crippen molar-refractivity contribution in [2.75, 3.05) is 6.54 Å². The lowest BCUT2D eigenvalue weighted by atomic mass is 9.95. The van der Waals surface area contributed by atoms with Gasteiger partial charge in [0.1, 0.15) is 0 Å². The summed E-state index contributed by atoms with van der Waals surface area (Å²) in [5.41, 5.74) is 0.785. The maximum absolute atomic E-state index is 13.3. The molecule has 1 saturated carbocycles. The van der Waals surface area contributed by atoms with Crippen molar-refractivity contribution in [3.63, 3.8) is 0 Å². The molecule has 0 spiro atoms. The lowest BCUT2D eigenvalue weighted by Gasteiger charge is -2.33. The van der Waals surface area contributed by atoms with Crippen molar-refractivity contribution in [2.45, 2.75) is 49.6 Å². The number of rotatable bonds is 7. The molecule has 0 aromatic heterocycles. The summed E-state index contributed by atoms with van der Waals surface area (Å²) in [6.07, 6.45) is 4.51. The Bertz CT molecular complexity index is 943. The molecule has 0 radical (unpaired) electrons. The van der Waals surface area contributed by atoms with Crippen LogP contribution in [0.5, 0.6) is 0 Å². The molecule has 1 N–H and O–H groups in total. The SMILES string of the molecule is O=C(CN(C1CCCCC1)S(=O)(=O)c1ccc(Cl)cc1)NCc1ccccc1Cl. The van der Waals surface area contributed by atoms with E-state index in [0.717, 1.165) is 37.7 Å². The third kappa shape index (κ3) is 5.72. The van der Waals surface area contributed by atoms with Crippen LogP contribution in [0.15, 0.2) is 53.4 Å². The lowest BCUT2D eigenvalue weighted by Crippen LogP contribution is -2.46. The number of carbonyl (C=O) groups excluding carboxylic acids is 1. The molecule has 2 aromatic carbocycles. The second-order valence-corrected chi connectivity index (χ2v) is 9.90. The molecule has 5 nitrogen and oxygen atoms in total. The number of benzene rings is 2. The first kappa shape index (κ1) is 22.1. The second kappa shape index (κ2) is 9.94. The second-order valence-electron chi connectivity index (χ2n) is 7.16. The van der Waals surface area contributed by atoms with Gasteiger partial charge in [-0.1, -0.05) is 60.7 Å².